The van der Waals surface area contributed by atoms with Crippen molar-refractivity contribution in [2.24, 2.45) is 0 Å². The molecule has 0 unspecified atom stereocenters. The fraction of sp³-hybridized carbons (Fsp3) is 0.0909. The average molecular weight is 372 g/mol. The first-order valence-corrected chi connectivity index (χ1v) is 9.20. The smallest absolute Gasteiger partial charge is 0.423 e. The van der Waals surface area contributed by atoms with Crippen LogP contribution in [0.5, 0.6) is 0 Å². The van der Waals surface area contributed by atoms with Crippen LogP contribution < -0.4 is 10.8 Å². The molecule has 4 aromatic rings. The second-order valence-electron chi connectivity index (χ2n) is 6.96. The third-order valence-corrected chi connectivity index (χ3v) is 5.16. The second kappa shape index (κ2) is 6.82. The lowest BCUT2D eigenvalue weighted by Gasteiger charge is -2.11. The van der Waals surface area contributed by atoms with Crippen LogP contribution in [-0.2, 0) is 17.8 Å². The van der Waals surface area contributed by atoms with E-state index in [4.69, 9.17) is 4.65 Å². The number of nitrogens with zero attached hydrogens (tertiary/aromatic N) is 1. The minimum absolute atomic E-state index is 0.233. The fourth-order valence-electron chi connectivity index (χ4n) is 3.68. The van der Waals surface area contributed by atoms with Gasteiger partial charge in [-0.2, -0.15) is 0 Å². The average Bonchev–Trinajstić information content (AvgIpc) is 3.29. The number of rotatable bonds is 4. The molecule has 3 aromatic carbocycles. The number of hydrogen-bond donors (Lipinski definition) is 2. The molecule has 2 N–H and O–H groups in total. The van der Waals surface area contributed by atoms with Crippen molar-refractivity contribution in [1.82, 2.24) is 4.57 Å². The van der Waals surface area contributed by atoms with Gasteiger partial charge >= 0.3 is 7.12 Å². The van der Waals surface area contributed by atoms with Gasteiger partial charge in [0.05, 0.1) is 17.8 Å². The van der Waals surface area contributed by atoms with Crippen LogP contribution in [0.1, 0.15) is 11.1 Å². The molecular weight excluding hydrogens is 354 g/mol. The van der Waals surface area contributed by atoms with Gasteiger partial charge in [0.25, 0.3) is 0 Å². The predicted molar refractivity (Wildman–Crippen MR) is 109 cm³/mol. The Kier molecular flexibility index (Phi) is 4.15. The number of benzene rings is 3. The lowest BCUT2D eigenvalue weighted by molar-refractivity contribution is 0.275. The summed E-state index contributed by atoms with van der Waals surface area (Å²) in [5.74, 6) is -0.333. The molecule has 0 saturated heterocycles. The highest BCUT2D eigenvalue weighted by Crippen LogP contribution is 2.26. The molecule has 28 heavy (non-hydrogen) atoms. The number of aromatic nitrogens is 1. The lowest BCUT2D eigenvalue weighted by Crippen LogP contribution is -2.28. The van der Waals surface area contributed by atoms with Crippen LogP contribution in [0.3, 0.4) is 0 Å². The van der Waals surface area contributed by atoms with Gasteiger partial charge < -0.3 is 19.6 Å². The summed E-state index contributed by atoms with van der Waals surface area (Å²) < 4.78 is 21.7. The molecule has 5 rings (SSSR count). The number of hydrogen-bond acceptors (Lipinski definition) is 3. The van der Waals surface area contributed by atoms with Crippen LogP contribution >= 0.6 is 0 Å². The zero-order valence-electron chi connectivity index (χ0n) is 15.1. The van der Waals surface area contributed by atoms with Crippen molar-refractivity contribution in [1.29, 1.82) is 0 Å². The molecule has 4 nitrogen and oxygen atoms in total. The number of nitrogens with one attached hydrogen (secondary N) is 1. The standard InChI is InChI=1S/C22H18BFN2O2/c24-20-11-17-14-28-23(27)19(17)12-22(20)26-9-8-16-10-18(6-7-21(16)26)25-13-15-4-2-1-3-5-15/h1-12,25,27H,13-14H2. The summed E-state index contributed by atoms with van der Waals surface area (Å²) in [6.45, 7) is 0.973. The van der Waals surface area contributed by atoms with E-state index in [1.54, 1.807) is 10.6 Å². The number of anilines is 1. The molecule has 138 valence electrons. The van der Waals surface area contributed by atoms with E-state index in [0.29, 0.717) is 16.7 Å². The molecule has 0 spiro atoms. The molecule has 1 aliphatic heterocycles. The van der Waals surface area contributed by atoms with Crippen molar-refractivity contribution in [2.75, 3.05) is 5.32 Å². The molecule has 2 heterocycles. The molecule has 0 atom stereocenters. The monoisotopic (exact) mass is 372 g/mol. The molecule has 1 aromatic heterocycles. The Morgan fingerprint density at radius 3 is 2.79 bits per heavy atom. The summed E-state index contributed by atoms with van der Waals surface area (Å²) in [7, 11) is -0.995. The summed E-state index contributed by atoms with van der Waals surface area (Å²) in [5, 5.41) is 14.4. The van der Waals surface area contributed by atoms with Gasteiger partial charge in [-0.1, -0.05) is 30.3 Å². The van der Waals surface area contributed by atoms with E-state index < -0.39 is 7.12 Å². The summed E-state index contributed by atoms with van der Waals surface area (Å²) >= 11 is 0. The van der Waals surface area contributed by atoms with E-state index >= 15 is 0 Å². The fourth-order valence-corrected chi connectivity index (χ4v) is 3.68. The zero-order chi connectivity index (χ0) is 19.1. The Morgan fingerprint density at radius 2 is 1.93 bits per heavy atom. The maximum Gasteiger partial charge on any atom is 0.491 e. The van der Waals surface area contributed by atoms with E-state index in [0.717, 1.165) is 23.1 Å². The molecule has 1 aliphatic rings. The maximum atomic E-state index is 14.7. The Balaban J connectivity index is 1.47. The minimum Gasteiger partial charge on any atom is -0.423 e. The highest BCUT2D eigenvalue weighted by Gasteiger charge is 2.29. The van der Waals surface area contributed by atoms with Crippen LogP contribution in [-0.4, -0.2) is 16.7 Å². The SMILES string of the molecule is OB1OCc2cc(F)c(-n3ccc4cc(NCc5ccccc5)ccc43)cc21. The van der Waals surface area contributed by atoms with Gasteiger partial charge in [-0.25, -0.2) is 4.39 Å². The van der Waals surface area contributed by atoms with Gasteiger partial charge in [-0.3, -0.25) is 0 Å². The number of fused-ring (bicyclic) bond motifs is 2. The predicted octanol–water partition coefficient (Wildman–Crippen LogP) is 3.60. The van der Waals surface area contributed by atoms with Crippen molar-refractivity contribution in [2.45, 2.75) is 13.2 Å². The Labute approximate surface area is 162 Å². The summed E-state index contributed by atoms with van der Waals surface area (Å²) in [5.41, 5.74) is 4.84. The normalized spacial score (nSPS) is 13.1. The van der Waals surface area contributed by atoms with Gasteiger partial charge in [0.2, 0.25) is 0 Å². The first-order valence-electron chi connectivity index (χ1n) is 9.20. The second-order valence-corrected chi connectivity index (χ2v) is 6.96. The molecule has 0 amide bonds. The molecule has 0 fully saturated rings. The quantitative estimate of drug-likeness (QED) is 0.538. The van der Waals surface area contributed by atoms with Crippen LogP contribution in [0.2, 0.25) is 0 Å². The van der Waals surface area contributed by atoms with Crippen molar-refractivity contribution in [3.8, 4) is 5.69 Å². The molecule has 0 radical (unpaired) electrons. The third kappa shape index (κ3) is 2.97. The third-order valence-electron chi connectivity index (χ3n) is 5.16. The van der Waals surface area contributed by atoms with Crippen LogP contribution in [0.15, 0.2) is 72.9 Å². The van der Waals surface area contributed by atoms with E-state index in [1.165, 1.54) is 11.6 Å². The van der Waals surface area contributed by atoms with E-state index in [2.05, 4.69) is 23.5 Å². The molecule has 0 aliphatic carbocycles. The van der Waals surface area contributed by atoms with Crippen LogP contribution in [0, 0.1) is 5.82 Å². The van der Waals surface area contributed by atoms with Gasteiger partial charge in [0, 0.05) is 23.8 Å². The lowest BCUT2D eigenvalue weighted by atomic mass is 9.79. The first-order chi connectivity index (χ1) is 13.7. The van der Waals surface area contributed by atoms with E-state index in [1.807, 2.05) is 42.6 Å². The molecule has 6 heteroatoms. The first kappa shape index (κ1) is 17.0. The van der Waals surface area contributed by atoms with Crippen LogP contribution in [0.4, 0.5) is 10.1 Å². The van der Waals surface area contributed by atoms with Crippen molar-refractivity contribution >= 4 is 29.2 Å². The highest BCUT2D eigenvalue weighted by molar-refractivity contribution is 6.61. The van der Waals surface area contributed by atoms with Crippen molar-refractivity contribution in [3.63, 3.8) is 0 Å². The number of halogens is 1. The van der Waals surface area contributed by atoms with E-state index in [-0.39, 0.29) is 12.4 Å². The Hall–Kier alpha value is -3.09. The largest absolute Gasteiger partial charge is 0.491 e. The van der Waals surface area contributed by atoms with Gasteiger partial charge in [-0.15, -0.1) is 0 Å². The Morgan fingerprint density at radius 1 is 1.07 bits per heavy atom. The maximum absolute atomic E-state index is 14.7. The molecular formula is C22H18BFN2O2. The van der Waals surface area contributed by atoms with Gasteiger partial charge in [-0.05, 0) is 53.0 Å². The minimum atomic E-state index is -0.995. The van der Waals surface area contributed by atoms with Gasteiger partial charge in [0.1, 0.15) is 5.82 Å². The summed E-state index contributed by atoms with van der Waals surface area (Å²) in [4.78, 5) is 0. The Bertz CT molecular complexity index is 1160. The molecule has 0 bridgehead atoms. The van der Waals surface area contributed by atoms with Gasteiger partial charge in [0.15, 0.2) is 0 Å². The summed E-state index contributed by atoms with van der Waals surface area (Å²) in [6, 6.07) is 21.3. The van der Waals surface area contributed by atoms with E-state index in [9.17, 15) is 9.41 Å². The summed E-state index contributed by atoms with van der Waals surface area (Å²) in [6.07, 6.45) is 1.85. The highest BCUT2D eigenvalue weighted by atomic mass is 19.1. The topological polar surface area (TPSA) is 46.4 Å². The zero-order valence-corrected chi connectivity index (χ0v) is 15.1. The molecule has 0 saturated carbocycles. The van der Waals surface area contributed by atoms with Crippen molar-refractivity contribution < 1.29 is 14.1 Å². The van der Waals surface area contributed by atoms with Crippen LogP contribution in [0.25, 0.3) is 16.6 Å². The van der Waals surface area contributed by atoms with Crippen molar-refractivity contribution in [3.05, 3.63) is 89.9 Å².